The van der Waals surface area contributed by atoms with E-state index >= 15 is 0 Å². The zero-order valence-electron chi connectivity index (χ0n) is 73.4. The van der Waals surface area contributed by atoms with Crippen LogP contribution in [0, 0.1) is 6.92 Å². The van der Waals surface area contributed by atoms with Crippen LogP contribution in [0.5, 0.6) is 0 Å². The summed E-state index contributed by atoms with van der Waals surface area (Å²) in [4.78, 5) is 0. The van der Waals surface area contributed by atoms with Crippen LogP contribution in [0.25, 0.3) is 219 Å². The normalized spacial score (nSPS) is 11.9. The van der Waals surface area contributed by atoms with E-state index < -0.39 is 8.07 Å². The number of furan rings is 1. The number of hydrogen-bond donors (Lipinski definition) is 0. The van der Waals surface area contributed by atoms with E-state index in [1.807, 2.05) is 17.4 Å². The number of benzene rings is 21. The molecule has 0 radical (unpaired) electrons. The summed E-state index contributed by atoms with van der Waals surface area (Å²) in [6, 6.07) is 181. The zero-order chi connectivity index (χ0) is 88.5. The maximum absolute atomic E-state index is 6.63. The van der Waals surface area contributed by atoms with Gasteiger partial charge < -0.3 is 22.7 Å². The third-order valence-electron chi connectivity index (χ3n) is 27.8. The van der Waals surface area contributed by atoms with Gasteiger partial charge in [0.2, 0.25) is 0 Å². The maximum Gasteiger partial charge on any atom is 0.179 e. The van der Waals surface area contributed by atoms with Crippen LogP contribution >= 0.6 is 11.3 Å². The Balaban J connectivity index is 0.000000145. The molecular weight excluding hydrogens is 1660 g/mol. The summed E-state index contributed by atoms with van der Waals surface area (Å²) >= 11 is 1.89. The molecule has 0 unspecified atom stereocenters. The van der Waals surface area contributed by atoms with E-state index in [1.54, 1.807) is 0 Å². The average Bonchev–Trinajstić information content (AvgIpc) is 0.887. The van der Waals surface area contributed by atoms with Gasteiger partial charge in [-0.05, 0) is 246 Å². The van der Waals surface area contributed by atoms with E-state index in [1.165, 1.54) is 178 Å². The van der Waals surface area contributed by atoms with Crippen molar-refractivity contribution in [3.05, 3.63) is 497 Å². The van der Waals surface area contributed by atoms with Crippen molar-refractivity contribution in [3.63, 3.8) is 0 Å². The summed E-state index contributed by atoms with van der Waals surface area (Å²) in [5.41, 5.74) is 31.5. The second-order valence-corrected chi connectivity index (χ2v) is 40.3. The van der Waals surface area contributed by atoms with Crippen LogP contribution in [0.3, 0.4) is 0 Å². The predicted molar refractivity (Wildman–Crippen MR) is 571 cm³/mol. The molecule has 0 N–H and O–H groups in total. The van der Waals surface area contributed by atoms with E-state index in [0.717, 1.165) is 66.7 Å². The van der Waals surface area contributed by atoms with E-state index in [-0.39, 0.29) is 0 Å². The Morgan fingerprint density at radius 1 is 0.194 bits per heavy atom. The fourth-order valence-corrected chi connectivity index (χ4v) is 27.8. The van der Waals surface area contributed by atoms with Gasteiger partial charge in [-0.15, -0.1) is 11.3 Å². The first-order chi connectivity index (χ1) is 66.3. The fraction of sp³-hybridized carbons (Fsp3) is 0.00787. The predicted octanol–water partition coefficient (Wildman–Crippen LogP) is 31.7. The minimum absolute atomic E-state index is 0.899. The Morgan fingerprint density at radius 2 is 0.515 bits per heavy atom. The van der Waals surface area contributed by atoms with Crippen LogP contribution in [0.4, 0.5) is 0 Å². The Morgan fingerprint density at radius 3 is 0.978 bits per heavy atom. The average molecular weight is 1740 g/mol. The molecular formula is C127H84N4OSSi. The minimum atomic E-state index is -3.00. The number of thiophene rings is 1. The molecule has 21 aromatic carbocycles. The van der Waals surface area contributed by atoms with E-state index in [2.05, 4.69) is 511 Å². The molecule has 6 heterocycles. The molecule has 0 aliphatic heterocycles. The van der Waals surface area contributed by atoms with Crippen LogP contribution in [-0.2, 0) is 0 Å². The van der Waals surface area contributed by atoms with Gasteiger partial charge in [-0.3, -0.25) is 0 Å². The lowest BCUT2D eigenvalue weighted by atomic mass is 9.95. The molecule has 628 valence electrons. The number of nitrogens with zero attached hydrogens (tertiary/aromatic N) is 4. The summed E-state index contributed by atoms with van der Waals surface area (Å²) in [7, 11) is -3.00. The van der Waals surface area contributed by atoms with E-state index in [4.69, 9.17) is 4.42 Å². The molecule has 0 aliphatic rings. The third kappa shape index (κ3) is 12.9. The first kappa shape index (κ1) is 78.1. The number of hydrogen-bond acceptors (Lipinski definition) is 2. The van der Waals surface area contributed by atoms with Gasteiger partial charge in [0.1, 0.15) is 11.2 Å². The molecule has 134 heavy (non-hydrogen) atoms. The quantitative estimate of drug-likeness (QED) is 0.0789. The maximum atomic E-state index is 6.63. The van der Waals surface area contributed by atoms with Gasteiger partial charge in [0.25, 0.3) is 0 Å². The topological polar surface area (TPSA) is 32.9 Å². The van der Waals surface area contributed by atoms with Crippen molar-refractivity contribution in [3.8, 4) is 89.5 Å². The van der Waals surface area contributed by atoms with Crippen molar-refractivity contribution in [1.29, 1.82) is 0 Å². The molecule has 0 aliphatic carbocycles. The molecule has 6 aromatic heterocycles. The highest BCUT2D eigenvalue weighted by atomic mass is 32.1. The van der Waals surface area contributed by atoms with E-state index in [0.29, 0.717) is 0 Å². The second kappa shape index (κ2) is 32.0. The van der Waals surface area contributed by atoms with Gasteiger partial charge in [-0.25, -0.2) is 0 Å². The Hall–Kier alpha value is -16.9. The molecule has 0 fully saturated rings. The first-order valence-electron chi connectivity index (χ1n) is 46.1. The van der Waals surface area contributed by atoms with Gasteiger partial charge in [0, 0.05) is 102 Å². The van der Waals surface area contributed by atoms with Crippen molar-refractivity contribution in [1.82, 2.24) is 18.3 Å². The number of aryl methyl sites for hydroxylation is 1. The lowest BCUT2D eigenvalue weighted by Gasteiger charge is -2.35. The highest BCUT2D eigenvalue weighted by Crippen LogP contribution is 2.47. The molecule has 0 amide bonds. The van der Waals surface area contributed by atoms with Crippen molar-refractivity contribution >= 4 is 169 Å². The summed E-state index contributed by atoms with van der Waals surface area (Å²) in [5, 5.41) is 20.1. The molecule has 0 spiro atoms. The molecule has 5 nitrogen and oxygen atoms in total. The van der Waals surface area contributed by atoms with Crippen molar-refractivity contribution in [2.75, 3.05) is 0 Å². The number of fused-ring (bicyclic) bond motifs is 18. The summed E-state index contributed by atoms with van der Waals surface area (Å²) in [6.07, 6.45) is 0. The summed E-state index contributed by atoms with van der Waals surface area (Å²) < 4.78 is 18.9. The summed E-state index contributed by atoms with van der Waals surface area (Å²) in [6.45, 7) is 2.21. The van der Waals surface area contributed by atoms with Gasteiger partial charge >= 0.3 is 0 Å². The molecule has 7 heteroatoms. The van der Waals surface area contributed by atoms with Crippen LogP contribution in [0.15, 0.2) is 496 Å². The highest BCUT2D eigenvalue weighted by Gasteiger charge is 2.42. The molecule has 0 bridgehead atoms. The van der Waals surface area contributed by atoms with Crippen LogP contribution < -0.4 is 20.7 Å². The monoisotopic (exact) mass is 1740 g/mol. The van der Waals surface area contributed by atoms with Gasteiger partial charge in [-0.1, -0.05) is 340 Å². The Labute approximate surface area is 779 Å². The third-order valence-corrected chi connectivity index (χ3v) is 33.7. The van der Waals surface area contributed by atoms with Crippen LogP contribution in [-0.4, -0.2) is 26.3 Å². The van der Waals surface area contributed by atoms with Gasteiger partial charge in [0.05, 0.1) is 44.1 Å². The van der Waals surface area contributed by atoms with Crippen molar-refractivity contribution < 1.29 is 4.42 Å². The number of para-hydroxylation sites is 8. The molecule has 0 atom stereocenters. The van der Waals surface area contributed by atoms with Crippen LogP contribution in [0.1, 0.15) is 5.56 Å². The molecule has 27 rings (SSSR count). The standard InChI is InChI=1S/C72H48N2OSi.C55H36N2S/c1-6-21-54(22-7-1)73-67-35-18-16-31-61(67)64-46-49(37-40-68(64)73)52-43-53(45-59(44-52)76(56-25-10-3-11-26-56,57-27-12-4-13-28-57)58-29-14-5-15-30-58)50-38-41-69-65(47-50)66-48-51(39-42-70(66)74(69)55-23-8-2-9-24-55)60-33-20-34-63-62-32-17-19-36-71(62)75-72(60)63;1-35-29-39(36-24-27-51-48(32-36)44-17-8-10-21-50(44)56(51)41-13-4-2-5-14-41)31-40(30-35)37-25-28-52-49(33-37)45-26-23-38(34-53(45)57(52)42-15-6-3-7-16-42)43-19-12-20-47-46-18-9-11-22-54(46)58-55(43)47/h1-48H;2-34H,1H3. The van der Waals surface area contributed by atoms with Gasteiger partial charge in [-0.2, -0.15) is 0 Å². The zero-order valence-corrected chi connectivity index (χ0v) is 75.2. The van der Waals surface area contributed by atoms with E-state index in [9.17, 15) is 0 Å². The SMILES string of the molecule is Cc1cc(-c2ccc3c(c2)c2ccccc2n3-c2ccccc2)cc(-c2ccc3c(c2)c2ccc(-c4cccc5c4sc4ccccc45)cc2n3-c2ccccc2)c1.c1ccc(-n2c3ccccc3c3cc(-c4cc(-c5ccc6c(c5)c5cc(-c7cccc8c7oc7ccccc78)ccc5n6-c5ccccc5)cc([Si](c5ccccc5)(c5ccccc5)c5ccccc5)c4)ccc32)cc1. The van der Waals surface area contributed by atoms with Crippen LogP contribution in [0.2, 0.25) is 0 Å². The minimum Gasteiger partial charge on any atom is -0.455 e. The first-order valence-corrected chi connectivity index (χ1v) is 48.9. The largest absolute Gasteiger partial charge is 0.455 e. The number of rotatable bonds is 14. The molecule has 0 saturated carbocycles. The molecule has 27 aromatic rings. The smallest absolute Gasteiger partial charge is 0.179 e. The van der Waals surface area contributed by atoms with Gasteiger partial charge in [0.15, 0.2) is 8.07 Å². The lowest BCUT2D eigenvalue weighted by molar-refractivity contribution is 0.670. The van der Waals surface area contributed by atoms with Crippen molar-refractivity contribution in [2.24, 2.45) is 0 Å². The second-order valence-electron chi connectivity index (χ2n) is 35.4. The highest BCUT2D eigenvalue weighted by molar-refractivity contribution is 7.26. The number of aromatic nitrogens is 4. The Kier molecular flexibility index (Phi) is 18.7. The fourth-order valence-electron chi connectivity index (χ4n) is 21.8. The Bertz CT molecular complexity index is 9210. The summed E-state index contributed by atoms with van der Waals surface area (Å²) in [5.74, 6) is 0. The van der Waals surface area contributed by atoms with Crippen molar-refractivity contribution in [2.45, 2.75) is 6.92 Å². The molecule has 0 saturated heterocycles. The lowest BCUT2D eigenvalue weighted by Crippen LogP contribution is -2.74.